The molecule has 1 aromatic heterocycles. The second-order valence-electron chi connectivity index (χ2n) is 5.68. The van der Waals surface area contributed by atoms with Gasteiger partial charge in [-0.25, -0.2) is 9.48 Å². The highest BCUT2D eigenvalue weighted by Gasteiger charge is 2.33. The van der Waals surface area contributed by atoms with Crippen molar-refractivity contribution in [1.29, 1.82) is 0 Å². The van der Waals surface area contributed by atoms with Crippen molar-refractivity contribution < 1.29 is 9.59 Å². The maximum absolute atomic E-state index is 12.6. The Bertz CT molecular complexity index is 714. The summed E-state index contributed by atoms with van der Waals surface area (Å²) >= 11 is 0. The van der Waals surface area contributed by atoms with Gasteiger partial charge in [-0.3, -0.25) is 4.79 Å². The minimum absolute atomic E-state index is 0.156. The molecular formula is C17H21N5O2. The van der Waals surface area contributed by atoms with Gasteiger partial charge in [0.05, 0.1) is 5.69 Å². The topological polar surface area (TPSA) is 79.3 Å². The molecule has 2 aromatic rings. The van der Waals surface area contributed by atoms with Gasteiger partial charge in [0.1, 0.15) is 6.04 Å². The van der Waals surface area contributed by atoms with E-state index in [1.807, 2.05) is 43.5 Å². The van der Waals surface area contributed by atoms with Crippen molar-refractivity contribution in [3.63, 3.8) is 0 Å². The van der Waals surface area contributed by atoms with Crippen LogP contribution in [0.15, 0.2) is 42.7 Å². The highest BCUT2D eigenvalue weighted by Crippen LogP contribution is 2.20. The molecule has 1 saturated heterocycles. The molecule has 0 radical (unpaired) electrons. The van der Waals surface area contributed by atoms with Crippen LogP contribution < -0.4 is 10.6 Å². The second kappa shape index (κ2) is 7.16. The number of hydrogen-bond donors (Lipinski definition) is 2. The van der Waals surface area contributed by atoms with Gasteiger partial charge in [-0.15, -0.1) is 0 Å². The SMILES string of the molecule is CCNC(=O)N1CCC[C@@H]1C(=O)Nc1cccc(-n2cccn2)c1. The number of aromatic nitrogens is 2. The summed E-state index contributed by atoms with van der Waals surface area (Å²) < 4.78 is 1.73. The second-order valence-corrected chi connectivity index (χ2v) is 5.68. The van der Waals surface area contributed by atoms with Crippen LogP contribution in [0.5, 0.6) is 0 Å². The van der Waals surface area contributed by atoms with Crippen molar-refractivity contribution in [3.05, 3.63) is 42.7 Å². The lowest BCUT2D eigenvalue weighted by molar-refractivity contribution is -0.119. The van der Waals surface area contributed by atoms with E-state index in [1.165, 1.54) is 0 Å². The third-order valence-electron chi connectivity index (χ3n) is 4.03. The van der Waals surface area contributed by atoms with Gasteiger partial charge < -0.3 is 15.5 Å². The summed E-state index contributed by atoms with van der Waals surface area (Å²) in [6, 6.07) is 8.70. The first kappa shape index (κ1) is 16.0. The number of amides is 3. The maximum Gasteiger partial charge on any atom is 0.318 e. The molecule has 2 heterocycles. The van der Waals surface area contributed by atoms with E-state index in [0.29, 0.717) is 25.2 Å². The number of likely N-dealkylation sites (tertiary alicyclic amines) is 1. The Morgan fingerprint density at radius 2 is 2.21 bits per heavy atom. The van der Waals surface area contributed by atoms with Crippen LogP contribution in [0.1, 0.15) is 19.8 Å². The molecule has 1 aliphatic heterocycles. The van der Waals surface area contributed by atoms with Crippen LogP contribution in [0, 0.1) is 0 Å². The predicted octanol–water partition coefficient (Wildman–Crippen LogP) is 2.00. The largest absolute Gasteiger partial charge is 0.338 e. The van der Waals surface area contributed by atoms with Crippen molar-refractivity contribution in [1.82, 2.24) is 20.0 Å². The Hall–Kier alpha value is -2.83. The summed E-state index contributed by atoms with van der Waals surface area (Å²) in [6.45, 7) is 3.02. The fourth-order valence-electron chi connectivity index (χ4n) is 2.91. The molecule has 3 rings (SSSR count). The molecule has 0 unspecified atom stereocenters. The lowest BCUT2D eigenvalue weighted by Crippen LogP contribution is -2.47. The molecule has 0 bridgehead atoms. The minimum Gasteiger partial charge on any atom is -0.338 e. The van der Waals surface area contributed by atoms with E-state index < -0.39 is 6.04 Å². The number of rotatable bonds is 4. The van der Waals surface area contributed by atoms with Crippen LogP contribution in [-0.2, 0) is 4.79 Å². The Labute approximate surface area is 140 Å². The number of nitrogens with one attached hydrogen (secondary N) is 2. The van der Waals surface area contributed by atoms with E-state index in [9.17, 15) is 9.59 Å². The van der Waals surface area contributed by atoms with Crippen molar-refractivity contribution >= 4 is 17.6 Å². The number of carbonyl (C=O) groups excluding carboxylic acids is 2. The van der Waals surface area contributed by atoms with Crippen molar-refractivity contribution in [2.24, 2.45) is 0 Å². The van der Waals surface area contributed by atoms with Gasteiger partial charge in [-0.05, 0) is 44.0 Å². The smallest absolute Gasteiger partial charge is 0.318 e. The lowest BCUT2D eigenvalue weighted by Gasteiger charge is -2.24. The molecule has 126 valence electrons. The number of nitrogens with zero attached hydrogens (tertiary/aromatic N) is 3. The fraction of sp³-hybridized carbons (Fsp3) is 0.353. The van der Waals surface area contributed by atoms with Crippen molar-refractivity contribution in [3.8, 4) is 5.69 Å². The molecule has 24 heavy (non-hydrogen) atoms. The Morgan fingerprint density at radius 3 is 2.96 bits per heavy atom. The molecule has 0 saturated carbocycles. The van der Waals surface area contributed by atoms with Gasteiger partial charge in [0.15, 0.2) is 0 Å². The zero-order valence-corrected chi connectivity index (χ0v) is 13.6. The van der Waals surface area contributed by atoms with Gasteiger partial charge in [0.2, 0.25) is 5.91 Å². The molecule has 1 atom stereocenters. The van der Waals surface area contributed by atoms with E-state index in [1.54, 1.807) is 15.8 Å². The number of hydrogen-bond acceptors (Lipinski definition) is 3. The molecule has 0 aliphatic carbocycles. The van der Waals surface area contributed by atoms with Gasteiger partial charge in [0.25, 0.3) is 0 Å². The summed E-state index contributed by atoms with van der Waals surface area (Å²) in [5.41, 5.74) is 1.56. The Morgan fingerprint density at radius 1 is 1.33 bits per heavy atom. The first-order valence-corrected chi connectivity index (χ1v) is 8.14. The monoisotopic (exact) mass is 327 g/mol. The minimum atomic E-state index is -0.426. The van der Waals surface area contributed by atoms with Crippen molar-refractivity contribution in [2.75, 3.05) is 18.4 Å². The summed E-state index contributed by atoms with van der Waals surface area (Å²) in [4.78, 5) is 26.2. The van der Waals surface area contributed by atoms with Crippen LogP contribution in [0.2, 0.25) is 0 Å². The van der Waals surface area contributed by atoms with E-state index in [-0.39, 0.29) is 11.9 Å². The standard InChI is InChI=1S/C17H21N5O2/c1-2-18-17(24)21-10-4-8-15(21)16(23)20-13-6-3-7-14(12-13)22-11-5-9-19-22/h3,5-7,9,11-12,15H,2,4,8,10H2,1H3,(H,18,24)(H,20,23)/t15-/m1/s1. The number of benzene rings is 1. The molecule has 1 aliphatic rings. The van der Waals surface area contributed by atoms with Crippen molar-refractivity contribution in [2.45, 2.75) is 25.8 Å². The van der Waals surface area contributed by atoms with Crippen LogP contribution in [-0.4, -0.2) is 45.8 Å². The molecule has 0 spiro atoms. The first-order valence-electron chi connectivity index (χ1n) is 8.14. The molecule has 2 N–H and O–H groups in total. The Kier molecular flexibility index (Phi) is 4.79. The lowest BCUT2D eigenvalue weighted by atomic mass is 10.2. The van der Waals surface area contributed by atoms with Crippen LogP contribution in [0.3, 0.4) is 0 Å². The summed E-state index contributed by atoms with van der Waals surface area (Å²) in [5.74, 6) is -0.156. The third kappa shape index (κ3) is 3.40. The first-order chi connectivity index (χ1) is 11.7. The van der Waals surface area contributed by atoms with E-state index in [4.69, 9.17) is 0 Å². The number of carbonyl (C=O) groups is 2. The molecule has 1 fully saturated rings. The summed E-state index contributed by atoms with van der Waals surface area (Å²) in [5, 5.41) is 9.85. The van der Waals surface area contributed by atoms with Gasteiger partial charge in [-0.2, -0.15) is 5.10 Å². The zero-order valence-electron chi connectivity index (χ0n) is 13.6. The van der Waals surface area contributed by atoms with Gasteiger partial charge >= 0.3 is 6.03 Å². The van der Waals surface area contributed by atoms with E-state index in [2.05, 4.69) is 15.7 Å². The van der Waals surface area contributed by atoms with E-state index >= 15 is 0 Å². The molecule has 7 nitrogen and oxygen atoms in total. The third-order valence-corrected chi connectivity index (χ3v) is 4.03. The van der Waals surface area contributed by atoms with Gasteiger partial charge in [0, 0.05) is 31.2 Å². The predicted molar refractivity (Wildman–Crippen MR) is 91.0 cm³/mol. The molecule has 1 aromatic carbocycles. The van der Waals surface area contributed by atoms with Crippen LogP contribution in [0.25, 0.3) is 5.69 Å². The summed E-state index contributed by atoms with van der Waals surface area (Å²) in [7, 11) is 0. The molecule has 3 amide bonds. The average molecular weight is 327 g/mol. The normalized spacial score (nSPS) is 16.9. The molecular weight excluding hydrogens is 306 g/mol. The van der Waals surface area contributed by atoms with Crippen LogP contribution >= 0.6 is 0 Å². The highest BCUT2D eigenvalue weighted by molar-refractivity contribution is 5.97. The van der Waals surface area contributed by atoms with E-state index in [0.717, 1.165) is 12.1 Å². The van der Waals surface area contributed by atoms with Gasteiger partial charge in [-0.1, -0.05) is 6.07 Å². The fourth-order valence-corrected chi connectivity index (χ4v) is 2.91. The molecule has 7 heteroatoms. The average Bonchev–Trinajstić information content (AvgIpc) is 3.27. The van der Waals surface area contributed by atoms with Crippen LogP contribution in [0.4, 0.5) is 10.5 Å². The Balaban J connectivity index is 1.70. The zero-order chi connectivity index (χ0) is 16.9. The number of urea groups is 1. The summed E-state index contributed by atoms with van der Waals surface area (Å²) in [6.07, 6.45) is 5.06. The quantitative estimate of drug-likeness (QED) is 0.901. The highest BCUT2D eigenvalue weighted by atomic mass is 16.2. The maximum atomic E-state index is 12.6. The number of anilines is 1.